The van der Waals surface area contributed by atoms with Crippen molar-refractivity contribution in [2.45, 2.75) is 59.0 Å². The maximum absolute atomic E-state index is 9.93. The minimum absolute atomic E-state index is 0.0712. The Kier molecular flexibility index (Phi) is 4.86. The van der Waals surface area contributed by atoms with Crippen LogP contribution in [0.3, 0.4) is 0 Å². The molecule has 1 aliphatic rings. The molecule has 4 nitrogen and oxygen atoms in total. The molecule has 20 heavy (non-hydrogen) atoms. The van der Waals surface area contributed by atoms with Crippen molar-refractivity contribution in [3.8, 4) is 0 Å². The molecule has 0 amide bonds. The molecule has 1 atom stereocenters. The number of hydrogen-bond acceptors (Lipinski definition) is 3. The predicted octanol–water partition coefficient (Wildman–Crippen LogP) is 2.40. The first-order valence-electron chi connectivity index (χ1n) is 7.82. The van der Waals surface area contributed by atoms with Crippen LogP contribution in [-0.2, 0) is 13.6 Å². The van der Waals surface area contributed by atoms with Gasteiger partial charge in [0, 0.05) is 25.0 Å². The van der Waals surface area contributed by atoms with E-state index < -0.39 is 0 Å². The summed E-state index contributed by atoms with van der Waals surface area (Å²) in [6, 6.07) is 2.50. The summed E-state index contributed by atoms with van der Waals surface area (Å²) in [7, 11) is 1.99. The van der Waals surface area contributed by atoms with Crippen LogP contribution in [0.1, 0.15) is 50.9 Å². The van der Waals surface area contributed by atoms with Crippen LogP contribution in [-0.4, -0.2) is 27.5 Å². The average Bonchev–Trinajstić information content (AvgIpc) is 2.97. The van der Waals surface area contributed by atoms with Crippen molar-refractivity contribution < 1.29 is 5.11 Å². The van der Waals surface area contributed by atoms with Crippen molar-refractivity contribution in [1.82, 2.24) is 15.1 Å². The standard InChI is InChI=1S/C16H29N3O/c1-12(2)15(16(11-20)7-5-6-8-16)17-10-14-9-13(3)18-19(14)4/h9,12,15,17,20H,5-8,10-11H2,1-4H3. The third kappa shape index (κ3) is 3.07. The van der Waals surface area contributed by atoms with E-state index in [1.807, 2.05) is 18.7 Å². The van der Waals surface area contributed by atoms with Gasteiger partial charge in [-0.3, -0.25) is 4.68 Å². The number of rotatable bonds is 6. The molecule has 0 aliphatic heterocycles. The maximum atomic E-state index is 9.93. The third-order valence-electron chi connectivity index (χ3n) is 4.84. The highest BCUT2D eigenvalue weighted by molar-refractivity contribution is 5.09. The quantitative estimate of drug-likeness (QED) is 0.840. The van der Waals surface area contributed by atoms with Crippen molar-refractivity contribution >= 4 is 0 Å². The van der Waals surface area contributed by atoms with Gasteiger partial charge in [0.05, 0.1) is 18.0 Å². The monoisotopic (exact) mass is 279 g/mol. The van der Waals surface area contributed by atoms with E-state index in [1.165, 1.54) is 18.5 Å². The lowest BCUT2D eigenvalue weighted by Crippen LogP contribution is -2.49. The molecule has 0 spiro atoms. The van der Waals surface area contributed by atoms with Gasteiger partial charge in [-0.2, -0.15) is 5.10 Å². The molecule has 2 rings (SSSR count). The van der Waals surface area contributed by atoms with Crippen molar-refractivity contribution in [3.63, 3.8) is 0 Å². The van der Waals surface area contributed by atoms with Crippen LogP contribution in [0.25, 0.3) is 0 Å². The smallest absolute Gasteiger partial charge is 0.0597 e. The van der Waals surface area contributed by atoms with Gasteiger partial charge in [-0.15, -0.1) is 0 Å². The fourth-order valence-electron chi connectivity index (χ4n) is 3.85. The molecule has 0 aromatic carbocycles. The second-order valence-corrected chi connectivity index (χ2v) is 6.73. The number of aliphatic hydroxyl groups excluding tert-OH is 1. The number of aromatic nitrogens is 2. The van der Waals surface area contributed by atoms with Gasteiger partial charge < -0.3 is 10.4 Å². The van der Waals surface area contributed by atoms with Crippen molar-refractivity contribution in [1.29, 1.82) is 0 Å². The number of nitrogens with zero attached hydrogens (tertiary/aromatic N) is 2. The predicted molar refractivity (Wildman–Crippen MR) is 81.4 cm³/mol. The summed E-state index contributed by atoms with van der Waals surface area (Å²) in [5.41, 5.74) is 2.34. The minimum atomic E-state index is 0.0712. The number of aliphatic hydroxyl groups is 1. The average molecular weight is 279 g/mol. The molecule has 1 heterocycles. The van der Waals surface area contributed by atoms with Gasteiger partial charge in [0.15, 0.2) is 0 Å². The Bertz CT molecular complexity index is 433. The van der Waals surface area contributed by atoms with Gasteiger partial charge in [0.2, 0.25) is 0 Å². The van der Waals surface area contributed by atoms with E-state index in [1.54, 1.807) is 0 Å². The highest BCUT2D eigenvalue weighted by Gasteiger charge is 2.41. The lowest BCUT2D eigenvalue weighted by atomic mass is 9.74. The lowest BCUT2D eigenvalue weighted by Gasteiger charge is -2.39. The van der Waals surface area contributed by atoms with E-state index in [4.69, 9.17) is 0 Å². The van der Waals surface area contributed by atoms with Gasteiger partial charge in [-0.25, -0.2) is 0 Å². The van der Waals surface area contributed by atoms with Crippen LogP contribution >= 0.6 is 0 Å². The minimum Gasteiger partial charge on any atom is -0.396 e. The molecule has 1 aromatic rings. The van der Waals surface area contributed by atoms with Crippen molar-refractivity contribution in [2.75, 3.05) is 6.61 Å². The van der Waals surface area contributed by atoms with Crippen LogP contribution < -0.4 is 5.32 Å². The summed E-state index contributed by atoms with van der Waals surface area (Å²) < 4.78 is 1.94. The Balaban J connectivity index is 2.08. The van der Waals surface area contributed by atoms with Gasteiger partial charge in [-0.1, -0.05) is 26.7 Å². The third-order valence-corrected chi connectivity index (χ3v) is 4.84. The van der Waals surface area contributed by atoms with Crippen LogP contribution in [0, 0.1) is 18.3 Å². The summed E-state index contributed by atoms with van der Waals surface area (Å²) in [5, 5.41) is 18.0. The van der Waals surface area contributed by atoms with Gasteiger partial charge in [0.25, 0.3) is 0 Å². The van der Waals surface area contributed by atoms with E-state index in [2.05, 4.69) is 30.3 Å². The van der Waals surface area contributed by atoms with E-state index in [-0.39, 0.29) is 5.41 Å². The zero-order valence-corrected chi connectivity index (χ0v) is 13.3. The van der Waals surface area contributed by atoms with E-state index in [0.717, 1.165) is 25.1 Å². The first-order valence-corrected chi connectivity index (χ1v) is 7.82. The van der Waals surface area contributed by atoms with Gasteiger partial charge in [0.1, 0.15) is 0 Å². The summed E-state index contributed by atoms with van der Waals surface area (Å²) >= 11 is 0. The molecule has 1 saturated carbocycles. The molecule has 0 bridgehead atoms. The molecular weight excluding hydrogens is 250 g/mol. The topological polar surface area (TPSA) is 50.1 Å². The maximum Gasteiger partial charge on any atom is 0.0597 e. The molecular formula is C16H29N3O. The van der Waals surface area contributed by atoms with Crippen LogP contribution in [0.15, 0.2) is 6.07 Å². The molecule has 1 aromatic heterocycles. The zero-order valence-electron chi connectivity index (χ0n) is 13.3. The SMILES string of the molecule is Cc1cc(CNC(C(C)C)C2(CO)CCCC2)n(C)n1. The van der Waals surface area contributed by atoms with Gasteiger partial charge in [-0.05, 0) is 31.7 Å². The summed E-state index contributed by atoms with van der Waals surface area (Å²) in [5.74, 6) is 0.523. The normalized spacial score (nSPS) is 19.7. The zero-order chi connectivity index (χ0) is 14.8. The Hall–Kier alpha value is -0.870. The Morgan fingerprint density at radius 3 is 2.50 bits per heavy atom. The van der Waals surface area contributed by atoms with E-state index >= 15 is 0 Å². The molecule has 1 aliphatic carbocycles. The fourth-order valence-corrected chi connectivity index (χ4v) is 3.85. The largest absolute Gasteiger partial charge is 0.396 e. The summed E-state index contributed by atoms with van der Waals surface area (Å²) in [6.45, 7) is 7.65. The molecule has 4 heteroatoms. The summed E-state index contributed by atoms with van der Waals surface area (Å²) in [6.07, 6.45) is 4.78. The number of hydrogen-bond donors (Lipinski definition) is 2. The molecule has 1 fully saturated rings. The number of aryl methyl sites for hydroxylation is 2. The van der Waals surface area contributed by atoms with Crippen LogP contribution in [0.4, 0.5) is 0 Å². The molecule has 0 saturated heterocycles. The highest BCUT2D eigenvalue weighted by Crippen LogP contribution is 2.43. The van der Waals surface area contributed by atoms with E-state index in [9.17, 15) is 5.11 Å². The molecule has 114 valence electrons. The Labute approximate surface area is 122 Å². The van der Waals surface area contributed by atoms with Crippen molar-refractivity contribution in [2.24, 2.45) is 18.4 Å². The molecule has 1 unspecified atom stereocenters. The first-order chi connectivity index (χ1) is 9.48. The Morgan fingerprint density at radius 2 is 2.05 bits per heavy atom. The molecule has 2 N–H and O–H groups in total. The van der Waals surface area contributed by atoms with Gasteiger partial charge >= 0.3 is 0 Å². The van der Waals surface area contributed by atoms with E-state index in [0.29, 0.717) is 18.6 Å². The number of nitrogens with one attached hydrogen (secondary N) is 1. The fraction of sp³-hybridized carbons (Fsp3) is 0.812. The second-order valence-electron chi connectivity index (χ2n) is 6.73. The van der Waals surface area contributed by atoms with Crippen molar-refractivity contribution in [3.05, 3.63) is 17.5 Å². The Morgan fingerprint density at radius 1 is 1.40 bits per heavy atom. The van der Waals surface area contributed by atoms with Crippen LogP contribution in [0.2, 0.25) is 0 Å². The highest BCUT2D eigenvalue weighted by atomic mass is 16.3. The van der Waals surface area contributed by atoms with Crippen LogP contribution in [0.5, 0.6) is 0 Å². The molecule has 0 radical (unpaired) electrons. The lowest BCUT2D eigenvalue weighted by molar-refractivity contribution is 0.0646. The summed E-state index contributed by atoms with van der Waals surface area (Å²) in [4.78, 5) is 0. The first kappa shape index (κ1) is 15.5. The second kappa shape index (κ2) is 6.27.